The Kier molecular flexibility index (Phi) is 4.82. The van der Waals surface area contributed by atoms with Gasteiger partial charge in [0.25, 0.3) is 10.1 Å². The monoisotopic (exact) mass is 425 g/mol. The predicted octanol–water partition coefficient (Wildman–Crippen LogP) is -0.213. The van der Waals surface area contributed by atoms with Crippen LogP contribution in [0.25, 0.3) is 0 Å². The highest BCUT2D eigenvalue weighted by atomic mass is 32.2. The number of benzene rings is 1. The number of rotatable bonds is 6. The highest BCUT2D eigenvalue weighted by molar-refractivity contribution is 7.86. The van der Waals surface area contributed by atoms with Gasteiger partial charge in [-0.3, -0.25) is 4.18 Å². The number of fused-ring (bicyclic) bond motifs is 1. The highest BCUT2D eigenvalue weighted by Crippen LogP contribution is 2.37. The third-order valence-corrected chi connectivity index (χ3v) is 6.03. The zero-order valence-electron chi connectivity index (χ0n) is 14.6. The van der Waals surface area contributed by atoms with Crippen LogP contribution in [0.15, 0.2) is 35.2 Å². The zero-order chi connectivity index (χ0) is 20.8. The number of hydrogen-bond donors (Lipinski definition) is 2. The van der Waals surface area contributed by atoms with Gasteiger partial charge < -0.3 is 19.7 Å². The van der Waals surface area contributed by atoms with Crippen molar-refractivity contribution in [2.75, 3.05) is 13.2 Å². The first kappa shape index (κ1) is 19.4. The number of aromatic carboxylic acids is 2. The van der Waals surface area contributed by atoms with Crippen LogP contribution in [0.1, 0.15) is 27.0 Å². The number of carboxylic acid groups (broad SMARTS) is 2. The maximum atomic E-state index is 12.4. The first-order chi connectivity index (χ1) is 13.8. The SMILES string of the molecule is O=C(O)c1nnn([C@H]2COC3C2OC[C@@H]3OS(=O)(=O)c2ccccc2)c1C(=O)O. The second-order valence-electron chi connectivity index (χ2n) is 6.41. The molecule has 0 amide bonds. The van der Waals surface area contributed by atoms with E-state index in [9.17, 15) is 23.1 Å². The number of hydrogen-bond acceptors (Lipinski definition) is 9. The number of aromatic nitrogens is 3. The molecule has 0 bridgehead atoms. The molecule has 0 spiro atoms. The summed E-state index contributed by atoms with van der Waals surface area (Å²) in [5.74, 6) is -3.06. The van der Waals surface area contributed by atoms with E-state index in [1.165, 1.54) is 12.1 Å². The summed E-state index contributed by atoms with van der Waals surface area (Å²) in [6.07, 6.45) is -2.55. The van der Waals surface area contributed by atoms with Crippen molar-refractivity contribution in [3.05, 3.63) is 41.7 Å². The average Bonchev–Trinajstić information content (AvgIpc) is 3.37. The molecular weight excluding hydrogens is 410 g/mol. The van der Waals surface area contributed by atoms with Gasteiger partial charge in [-0.1, -0.05) is 23.4 Å². The van der Waals surface area contributed by atoms with Gasteiger partial charge in [-0.05, 0) is 12.1 Å². The van der Waals surface area contributed by atoms with Gasteiger partial charge in [-0.2, -0.15) is 8.42 Å². The molecule has 3 heterocycles. The quantitative estimate of drug-likeness (QED) is 0.587. The van der Waals surface area contributed by atoms with Crippen LogP contribution >= 0.6 is 0 Å². The van der Waals surface area contributed by atoms with Crippen molar-refractivity contribution >= 4 is 22.1 Å². The molecule has 12 nitrogen and oxygen atoms in total. The van der Waals surface area contributed by atoms with Crippen molar-refractivity contribution < 1.29 is 41.9 Å². The molecule has 2 saturated heterocycles. The molecule has 1 aromatic carbocycles. The van der Waals surface area contributed by atoms with Gasteiger partial charge >= 0.3 is 11.9 Å². The molecule has 2 fully saturated rings. The van der Waals surface area contributed by atoms with E-state index in [0.717, 1.165) is 4.68 Å². The normalized spacial score (nSPS) is 26.3. The molecule has 4 rings (SSSR count). The Morgan fingerprint density at radius 1 is 1.07 bits per heavy atom. The van der Waals surface area contributed by atoms with Crippen molar-refractivity contribution in [2.24, 2.45) is 0 Å². The standard InChI is InChI=1S/C16H15N3O9S/c20-15(21)11-12(16(22)23)19(18-17-11)9-6-26-14-10(7-27-13(9)14)28-29(24,25)8-4-2-1-3-5-8/h1-5,9-10,13-14H,6-7H2,(H,20,21)(H,22,23)/t9-,10-,13?,14?/m0/s1. The molecule has 2 aromatic rings. The lowest BCUT2D eigenvalue weighted by Gasteiger charge is -2.17. The van der Waals surface area contributed by atoms with Crippen LogP contribution in [0.4, 0.5) is 0 Å². The van der Waals surface area contributed by atoms with Crippen LogP contribution in [-0.2, 0) is 23.8 Å². The lowest BCUT2D eigenvalue weighted by Crippen LogP contribution is -2.34. The summed E-state index contributed by atoms with van der Waals surface area (Å²) in [5, 5.41) is 25.5. The second-order valence-corrected chi connectivity index (χ2v) is 7.98. The molecule has 1 aromatic heterocycles. The lowest BCUT2D eigenvalue weighted by atomic mass is 10.1. The summed E-state index contributed by atoms with van der Waals surface area (Å²) in [5.41, 5.74) is -1.32. The minimum atomic E-state index is -4.06. The Morgan fingerprint density at radius 2 is 1.76 bits per heavy atom. The van der Waals surface area contributed by atoms with Crippen molar-refractivity contribution in [2.45, 2.75) is 29.2 Å². The van der Waals surface area contributed by atoms with Crippen LogP contribution in [-0.4, -0.2) is 77.1 Å². The predicted molar refractivity (Wildman–Crippen MR) is 91.0 cm³/mol. The molecule has 154 valence electrons. The molecule has 4 atom stereocenters. The molecule has 0 saturated carbocycles. The molecule has 29 heavy (non-hydrogen) atoms. The first-order valence-corrected chi connectivity index (χ1v) is 9.83. The Balaban J connectivity index is 1.56. The summed E-state index contributed by atoms with van der Waals surface area (Å²) in [6, 6.07) is 6.77. The molecule has 2 N–H and O–H groups in total. The fourth-order valence-corrected chi connectivity index (χ4v) is 4.50. The van der Waals surface area contributed by atoms with Gasteiger partial charge in [0.15, 0.2) is 5.69 Å². The fraction of sp³-hybridized carbons (Fsp3) is 0.375. The third-order valence-electron chi connectivity index (χ3n) is 4.68. The maximum absolute atomic E-state index is 12.4. The van der Waals surface area contributed by atoms with Gasteiger partial charge in [0.2, 0.25) is 5.69 Å². The minimum absolute atomic E-state index is 0.0199. The van der Waals surface area contributed by atoms with Gasteiger partial charge in [-0.25, -0.2) is 14.3 Å². The van der Waals surface area contributed by atoms with Crippen LogP contribution in [0.5, 0.6) is 0 Å². The average molecular weight is 425 g/mol. The molecule has 0 radical (unpaired) electrons. The lowest BCUT2D eigenvalue weighted by molar-refractivity contribution is 0.0323. The van der Waals surface area contributed by atoms with E-state index >= 15 is 0 Å². The fourth-order valence-electron chi connectivity index (χ4n) is 3.41. The number of ether oxygens (including phenoxy) is 2. The minimum Gasteiger partial charge on any atom is -0.476 e. The van der Waals surface area contributed by atoms with Gasteiger partial charge in [0, 0.05) is 0 Å². The smallest absolute Gasteiger partial charge is 0.359 e. The van der Waals surface area contributed by atoms with Crippen molar-refractivity contribution in [1.82, 2.24) is 15.0 Å². The zero-order valence-corrected chi connectivity index (χ0v) is 15.4. The van der Waals surface area contributed by atoms with E-state index in [-0.39, 0.29) is 18.1 Å². The maximum Gasteiger partial charge on any atom is 0.359 e. The first-order valence-electron chi connectivity index (χ1n) is 8.43. The number of carboxylic acids is 2. The Morgan fingerprint density at radius 3 is 2.41 bits per heavy atom. The van der Waals surface area contributed by atoms with Gasteiger partial charge in [0.1, 0.15) is 24.4 Å². The molecular formula is C16H15N3O9S. The van der Waals surface area contributed by atoms with Crippen molar-refractivity contribution in [1.29, 1.82) is 0 Å². The van der Waals surface area contributed by atoms with E-state index in [2.05, 4.69) is 10.3 Å². The summed E-state index contributed by atoms with van der Waals surface area (Å²) >= 11 is 0. The number of nitrogens with zero attached hydrogens (tertiary/aromatic N) is 3. The highest BCUT2D eigenvalue weighted by Gasteiger charge is 2.52. The molecule has 2 aliphatic heterocycles. The molecule has 2 unspecified atom stereocenters. The van der Waals surface area contributed by atoms with E-state index < -0.39 is 57.8 Å². The summed E-state index contributed by atoms with van der Waals surface area (Å²) in [4.78, 5) is 22.7. The van der Waals surface area contributed by atoms with Crippen molar-refractivity contribution in [3.8, 4) is 0 Å². The van der Waals surface area contributed by atoms with E-state index in [1.54, 1.807) is 18.2 Å². The Hall–Kier alpha value is -2.87. The summed E-state index contributed by atoms with van der Waals surface area (Å²) in [7, 11) is -4.06. The summed E-state index contributed by atoms with van der Waals surface area (Å²) in [6.45, 7) is -0.190. The molecule has 0 aliphatic carbocycles. The van der Waals surface area contributed by atoms with E-state index in [0.29, 0.717) is 0 Å². The second kappa shape index (κ2) is 7.18. The van der Waals surface area contributed by atoms with E-state index in [4.69, 9.17) is 18.8 Å². The molecule has 13 heteroatoms. The van der Waals surface area contributed by atoms with Gasteiger partial charge in [-0.15, -0.1) is 5.10 Å². The topological polar surface area (TPSA) is 167 Å². The largest absolute Gasteiger partial charge is 0.476 e. The van der Waals surface area contributed by atoms with Crippen molar-refractivity contribution in [3.63, 3.8) is 0 Å². The Labute approximate surface area is 163 Å². The van der Waals surface area contributed by atoms with Crippen LogP contribution in [0.2, 0.25) is 0 Å². The van der Waals surface area contributed by atoms with Crippen LogP contribution in [0.3, 0.4) is 0 Å². The Bertz CT molecular complexity index is 1050. The van der Waals surface area contributed by atoms with Gasteiger partial charge in [0.05, 0.1) is 18.1 Å². The third kappa shape index (κ3) is 3.37. The summed E-state index contributed by atoms with van der Waals surface area (Å²) < 4.78 is 42.3. The van der Waals surface area contributed by atoms with Crippen LogP contribution < -0.4 is 0 Å². The van der Waals surface area contributed by atoms with E-state index in [1.807, 2.05) is 0 Å². The van der Waals surface area contributed by atoms with Crippen LogP contribution in [0, 0.1) is 0 Å². The molecule has 2 aliphatic rings. The number of carbonyl (C=O) groups is 2.